The lowest BCUT2D eigenvalue weighted by Gasteiger charge is -2.14. The molecule has 0 aliphatic heterocycles. The zero-order valence-electron chi connectivity index (χ0n) is 10.3. The Bertz CT molecular complexity index is 647. The third-order valence-electron chi connectivity index (χ3n) is 2.62. The highest BCUT2D eigenvalue weighted by Crippen LogP contribution is 2.38. The molecule has 106 valence electrons. The highest BCUT2D eigenvalue weighted by atomic mass is 79.9. The SMILES string of the molecule is C[C@H](O)c1cc(F)ccc1Oc1cc(Cl)c(Br)cc1Cl. The predicted molar refractivity (Wildman–Crippen MR) is 81.3 cm³/mol. The maximum Gasteiger partial charge on any atom is 0.147 e. The number of aliphatic hydroxyl groups excluding tert-OH is 1. The van der Waals surface area contributed by atoms with Crippen molar-refractivity contribution >= 4 is 39.1 Å². The van der Waals surface area contributed by atoms with Crippen LogP contribution in [0.5, 0.6) is 11.5 Å². The van der Waals surface area contributed by atoms with Crippen LogP contribution in [0.2, 0.25) is 10.0 Å². The van der Waals surface area contributed by atoms with E-state index in [-0.39, 0.29) is 0 Å². The second-order valence-corrected chi connectivity index (χ2v) is 5.83. The zero-order valence-corrected chi connectivity index (χ0v) is 13.4. The van der Waals surface area contributed by atoms with Crippen LogP contribution in [0.4, 0.5) is 4.39 Å². The van der Waals surface area contributed by atoms with Crippen LogP contribution in [0.15, 0.2) is 34.8 Å². The van der Waals surface area contributed by atoms with E-state index in [1.165, 1.54) is 25.1 Å². The fourth-order valence-electron chi connectivity index (χ4n) is 1.64. The third-order valence-corrected chi connectivity index (χ3v) is 4.11. The van der Waals surface area contributed by atoms with Gasteiger partial charge in [0.25, 0.3) is 0 Å². The van der Waals surface area contributed by atoms with E-state index in [0.29, 0.717) is 31.6 Å². The van der Waals surface area contributed by atoms with Crippen LogP contribution in [-0.4, -0.2) is 5.11 Å². The van der Waals surface area contributed by atoms with E-state index >= 15 is 0 Å². The van der Waals surface area contributed by atoms with Crippen molar-refractivity contribution in [2.45, 2.75) is 13.0 Å². The van der Waals surface area contributed by atoms with Gasteiger partial charge >= 0.3 is 0 Å². The van der Waals surface area contributed by atoms with E-state index in [0.717, 1.165) is 0 Å². The number of hydrogen-bond donors (Lipinski definition) is 1. The van der Waals surface area contributed by atoms with Crippen molar-refractivity contribution in [3.8, 4) is 11.5 Å². The van der Waals surface area contributed by atoms with Crippen LogP contribution in [0.3, 0.4) is 0 Å². The van der Waals surface area contributed by atoms with E-state index in [2.05, 4.69) is 15.9 Å². The Hall–Kier alpha value is -0.810. The topological polar surface area (TPSA) is 29.5 Å². The van der Waals surface area contributed by atoms with Crippen molar-refractivity contribution in [3.63, 3.8) is 0 Å². The molecule has 0 radical (unpaired) electrons. The summed E-state index contributed by atoms with van der Waals surface area (Å²) >= 11 is 15.3. The van der Waals surface area contributed by atoms with E-state index in [1.807, 2.05) is 0 Å². The number of aliphatic hydroxyl groups is 1. The molecular weight excluding hydrogens is 370 g/mol. The number of rotatable bonds is 3. The molecule has 0 spiro atoms. The molecule has 0 aliphatic rings. The van der Waals surface area contributed by atoms with Gasteiger partial charge in [-0.3, -0.25) is 0 Å². The van der Waals surface area contributed by atoms with Crippen molar-refractivity contribution < 1.29 is 14.2 Å². The summed E-state index contributed by atoms with van der Waals surface area (Å²) in [5.41, 5.74) is 0.333. The second kappa shape index (κ2) is 6.31. The summed E-state index contributed by atoms with van der Waals surface area (Å²) < 4.78 is 19.5. The lowest BCUT2D eigenvalue weighted by Crippen LogP contribution is -1.97. The van der Waals surface area contributed by atoms with Gasteiger partial charge in [0.05, 0.1) is 16.1 Å². The molecule has 0 amide bonds. The summed E-state index contributed by atoms with van der Waals surface area (Å²) in [5, 5.41) is 10.4. The van der Waals surface area contributed by atoms with Crippen LogP contribution in [-0.2, 0) is 0 Å². The second-order valence-electron chi connectivity index (χ2n) is 4.16. The molecule has 2 aromatic carbocycles. The Kier molecular flexibility index (Phi) is 4.91. The smallest absolute Gasteiger partial charge is 0.147 e. The van der Waals surface area contributed by atoms with Gasteiger partial charge in [-0.15, -0.1) is 0 Å². The first-order valence-corrected chi connectivity index (χ1v) is 7.23. The monoisotopic (exact) mass is 378 g/mol. The van der Waals surface area contributed by atoms with E-state index in [1.54, 1.807) is 12.1 Å². The van der Waals surface area contributed by atoms with E-state index < -0.39 is 11.9 Å². The average Bonchev–Trinajstić information content (AvgIpc) is 2.37. The van der Waals surface area contributed by atoms with Gasteiger partial charge < -0.3 is 9.84 Å². The standard InChI is InChI=1S/C14H10BrCl2FO2/c1-7(19)9-4-8(18)2-3-13(9)20-14-6-11(16)10(15)5-12(14)17/h2-7,19H,1H3/t7-/m0/s1. The van der Waals surface area contributed by atoms with Gasteiger partial charge in [0.2, 0.25) is 0 Å². The lowest BCUT2D eigenvalue weighted by atomic mass is 10.1. The third kappa shape index (κ3) is 3.44. The Labute approximate surface area is 134 Å². The van der Waals surface area contributed by atoms with Crippen LogP contribution >= 0.6 is 39.1 Å². The molecule has 0 fully saturated rings. The normalized spacial score (nSPS) is 12.3. The molecule has 2 rings (SSSR count). The molecule has 0 heterocycles. The summed E-state index contributed by atoms with van der Waals surface area (Å²) in [5.74, 6) is 0.197. The van der Waals surface area contributed by atoms with Crippen molar-refractivity contribution in [2.75, 3.05) is 0 Å². The average molecular weight is 380 g/mol. The Morgan fingerprint density at radius 1 is 1.15 bits per heavy atom. The van der Waals surface area contributed by atoms with Crippen molar-refractivity contribution in [1.29, 1.82) is 0 Å². The number of ether oxygens (including phenoxy) is 1. The Morgan fingerprint density at radius 2 is 1.85 bits per heavy atom. The Balaban J connectivity index is 2.42. The van der Waals surface area contributed by atoms with Gasteiger partial charge in [0.15, 0.2) is 0 Å². The minimum Gasteiger partial charge on any atom is -0.455 e. The molecule has 0 unspecified atom stereocenters. The van der Waals surface area contributed by atoms with Gasteiger partial charge in [-0.1, -0.05) is 23.2 Å². The fourth-order valence-corrected chi connectivity index (χ4v) is 2.47. The van der Waals surface area contributed by atoms with Gasteiger partial charge in [-0.2, -0.15) is 0 Å². The number of halogens is 4. The molecule has 2 aromatic rings. The maximum atomic E-state index is 13.2. The highest BCUT2D eigenvalue weighted by molar-refractivity contribution is 9.10. The van der Waals surface area contributed by atoms with Crippen molar-refractivity contribution in [1.82, 2.24) is 0 Å². The van der Waals surface area contributed by atoms with E-state index in [4.69, 9.17) is 27.9 Å². The van der Waals surface area contributed by atoms with Crippen molar-refractivity contribution in [3.05, 3.63) is 56.2 Å². The molecule has 6 heteroatoms. The molecule has 2 nitrogen and oxygen atoms in total. The lowest BCUT2D eigenvalue weighted by molar-refractivity contribution is 0.195. The molecule has 0 aliphatic carbocycles. The summed E-state index contributed by atoms with van der Waals surface area (Å²) in [6.45, 7) is 1.53. The fraction of sp³-hybridized carbons (Fsp3) is 0.143. The maximum absolute atomic E-state index is 13.2. The van der Waals surface area contributed by atoms with Crippen LogP contribution < -0.4 is 4.74 Å². The van der Waals surface area contributed by atoms with Gasteiger partial charge in [-0.25, -0.2) is 4.39 Å². The van der Waals surface area contributed by atoms with Gasteiger partial charge in [0, 0.05) is 16.1 Å². The summed E-state index contributed by atoms with van der Waals surface area (Å²) in [6, 6.07) is 7.04. The quantitative estimate of drug-likeness (QED) is 0.689. The minimum absolute atomic E-state index is 0.321. The zero-order chi connectivity index (χ0) is 14.9. The molecule has 20 heavy (non-hydrogen) atoms. The van der Waals surface area contributed by atoms with Crippen LogP contribution in [0, 0.1) is 5.82 Å². The molecular formula is C14H10BrCl2FO2. The Morgan fingerprint density at radius 3 is 2.50 bits per heavy atom. The molecule has 0 aromatic heterocycles. The largest absolute Gasteiger partial charge is 0.455 e. The van der Waals surface area contributed by atoms with Crippen molar-refractivity contribution in [2.24, 2.45) is 0 Å². The first-order valence-electron chi connectivity index (χ1n) is 5.68. The first-order chi connectivity index (χ1) is 9.38. The minimum atomic E-state index is -0.870. The summed E-state index contributed by atoms with van der Waals surface area (Å²) in [6.07, 6.45) is -0.870. The molecule has 0 bridgehead atoms. The number of hydrogen-bond acceptors (Lipinski definition) is 2. The van der Waals surface area contributed by atoms with Crippen LogP contribution in [0.25, 0.3) is 0 Å². The van der Waals surface area contributed by atoms with E-state index in [9.17, 15) is 9.50 Å². The molecule has 1 atom stereocenters. The highest BCUT2D eigenvalue weighted by Gasteiger charge is 2.14. The predicted octanol–water partition coefficient (Wildman–Crippen LogP) is 5.74. The molecule has 0 saturated heterocycles. The molecule has 0 saturated carbocycles. The van der Waals surface area contributed by atoms with Gasteiger partial charge in [0.1, 0.15) is 17.3 Å². The summed E-state index contributed by atoms with van der Waals surface area (Å²) in [4.78, 5) is 0. The first kappa shape index (κ1) is 15.6. The molecule has 1 N–H and O–H groups in total. The number of benzene rings is 2. The van der Waals surface area contributed by atoms with Gasteiger partial charge in [-0.05, 0) is 47.1 Å². The summed E-state index contributed by atoms with van der Waals surface area (Å²) in [7, 11) is 0. The van der Waals surface area contributed by atoms with Crippen LogP contribution in [0.1, 0.15) is 18.6 Å².